The molecule has 1 atom stereocenters. The monoisotopic (exact) mass is 374 g/mol. The summed E-state index contributed by atoms with van der Waals surface area (Å²) in [7, 11) is 2.07. The number of aliphatic hydroxyl groups excluding tert-OH is 1. The van der Waals surface area contributed by atoms with Crippen molar-refractivity contribution in [2.75, 3.05) is 25.0 Å². The maximum atomic E-state index is 12.1. The molecule has 5 heteroatoms. The highest BCUT2D eigenvalue weighted by Gasteiger charge is 2.18. The molecule has 2 N–H and O–H groups in total. The van der Waals surface area contributed by atoms with E-state index in [2.05, 4.69) is 33.2 Å². The minimum Gasteiger partial charge on any atom is -0.387 e. The number of likely N-dealkylation sites (N-methyl/N-ethyl adjacent to an activating group) is 1. The molecule has 120 valence electrons. The number of nitrogens with zero attached hydrogens (tertiary/aromatic N) is 1. The smallest absolute Gasteiger partial charge is 0.251 e. The lowest BCUT2D eigenvalue weighted by Crippen LogP contribution is -2.28. The van der Waals surface area contributed by atoms with E-state index in [1.807, 2.05) is 30.3 Å². The van der Waals surface area contributed by atoms with Gasteiger partial charge in [-0.1, -0.05) is 34.1 Å². The van der Waals surface area contributed by atoms with Crippen LogP contribution in [-0.4, -0.2) is 31.2 Å². The van der Waals surface area contributed by atoms with Crippen molar-refractivity contribution in [2.24, 2.45) is 0 Å². The quantitative estimate of drug-likeness (QED) is 0.864. The number of carbonyl (C=O) groups excluding carboxylic acids is 1. The van der Waals surface area contributed by atoms with Gasteiger partial charge in [-0.25, -0.2) is 0 Å². The first-order chi connectivity index (χ1) is 11.0. The molecule has 2 aromatic carbocycles. The molecular formula is C18H19BrN2O2. The maximum absolute atomic E-state index is 12.1. The zero-order valence-electron chi connectivity index (χ0n) is 12.9. The van der Waals surface area contributed by atoms with E-state index in [4.69, 9.17) is 0 Å². The number of hydrogen-bond acceptors (Lipinski definition) is 3. The van der Waals surface area contributed by atoms with E-state index in [1.54, 1.807) is 12.1 Å². The predicted octanol–water partition coefficient (Wildman–Crippen LogP) is 2.90. The first-order valence-corrected chi connectivity index (χ1v) is 8.39. The van der Waals surface area contributed by atoms with Crippen LogP contribution < -0.4 is 10.2 Å². The first-order valence-electron chi connectivity index (χ1n) is 7.60. The van der Waals surface area contributed by atoms with Gasteiger partial charge in [0.05, 0.1) is 6.10 Å². The van der Waals surface area contributed by atoms with Crippen LogP contribution in [0.15, 0.2) is 46.9 Å². The summed E-state index contributed by atoms with van der Waals surface area (Å²) >= 11 is 3.35. The van der Waals surface area contributed by atoms with Gasteiger partial charge in [0.1, 0.15) is 0 Å². The predicted molar refractivity (Wildman–Crippen MR) is 94.9 cm³/mol. The molecule has 0 saturated heterocycles. The third-order valence-corrected chi connectivity index (χ3v) is 4.65. The number of amides is 1. The first kappa shape index (κ1) is 16.0. The highest BCUT2D eigenvalue weighted by Crippen LogP contribution is 2.29. The summed E-state index contributed by atoms with van der Waals surface area (Å²) < 4.78 is 0.855. The van der Waals surface area contributed by atoms with Crippen molar-refractivity contribution in [1.29, 1.82) is 0 Å². The van der Waals surface area contributed by atoms with Crippen LogP contribution in [0.2, 0.25) is 0 Å². The molecule has 0 spiro atoms. The van der Waals surface area contributed by atoms with Crippen LogP contribution in [0.1, 0.15) is 27.6 Å². The largest absolute Gasteiger partial charge is 0.387 e. The Morgan fingerprint density at radius 1 is 1.35 bits per heavy atom. The molecule has 1 aliphatic heterocycles. The van der Waals surface area contributed by atoms with Crippen LogP contribution in [-0.2, 0) is 6.42 Å². The molecule has 0 saturated carbocycles. The second-order valence-corrected chi connectivity index (χ2v) is 6.71. The van der Waals surface area contributed by atoms with E-state index in [-0.39, 0.29) is 12.5 Å². The number of hydrogen-bond donors (Lipinski definition) is 2. The van der Waals surface area contributed by atoms with Crippen LogP contribution in [0, 0.1) is 0 Å². The summed E-state index contributed by atoms with van der Waals surface area (Å²) in [6.45, 7) is 1.20. The molecule has 0 fully saturated rings. The van der Waals surface area contributed by atoms with Crippen LogP contribution in [0.25, 0.3) is 0 Å². The second-order valence-electron chi connectivity index (χ2n) is 5.80. The van der Waals surface area contributed by atoms with E-state index in [1.165, 1.54) is 11.3 Å². The van der Waals surface area contributed by atoms with E-state index in [9.17, 15) is 9.90 Å². The van der Waals surface area contributed by atoms with Gasteiger partial charge in [0.25, 0.3) is 5.91 Å². The average molecular weight is 375 g/mol. The standard InChI is InChI=1S/C18H19BrN2O2/c1-21-8-7-12-9-13(5-6-16(12)21)17(22)11-20-18(23)14-3-2-4-15(19)10-14/h2-6,9-10,17,22H,7-8,11H2,1H3,(H,20,23). The molecule has 0 aromatic heterocycles. The average Bonchev–Trinajstić information content (AvgIpc) is 2.93. The summed E-state index contributed by atoms with van der Waals surface area (Å²) in [6.07, 6.45) is 0.291. The summed E-state index contributed by atoms with van der Waals surface area (Å²) in [5, 5.41) is 13.1. The topological polar surface area (TPSA) is 52.6 Å². The van der Waals surface area contributed by atoms with Gasteiger partial charge in [0, 0.05) is 35.9 Å². The van der Waals surface area contributed by atoms with Crippen molar-refractivity contribution in [2.45, 2.75) is 12.5 Å². The minimum atomic E-state index is -0.706. The van der Waals surface area contributed by atoms with Crippen molar-refractivity contribution in [1.82, 2.24) is 5.32 Å². The highest BCUT2D eigenvalue weighted by molar-refractivity contribution is 9.10. The second kappa shape index (κ2) is 6.72. The number of nitrogens with one attached hydrogen (secondary N) is 1. The lowest BCUT2D eigenvalue weighted by Gasteiger charge is -2.15. The molecular weight excluding hydrogens is 356 g/mol. The number of halogens is 1. The highest BCUT2D eigenvalue weighted by atomic mass is 79.9. The van der Waals surface area contributed by atoms with Gasteiger partial charge >= 0.3 is 0 Å². The van der Waals surface area contributed by atoms with Crippen LogP contribution in [0.5, 0.6) is 0 Å². The van der Waals surface area contributed by atoms with Crippen molar-refractivity contribution in [3.8, 4) is 0 Å². The zero-order valence-corrected chi connectivity index (χ0v) is 14.5. The summed E-state index contributed by atoms with van der Waals surface area (Å²) in [5.41, 5.74) is 3.89. The van der Waals surface area contributed by atoms with Crippen LogP contribution in [0.3, 0.4) is 0 Å². The molecule has 0 bridgehead atoms. The van der Waals surface area contributed by atoms with Gasteiger partial charge in [0.15, 0.2) is 0 Å². The lowest BCUT2D eigenvalue weighted by atomic mass is 10.0. The third-order valence-electron chi connectivity index (χ3n) is 4.16. The fraction of sp³-hybridized carbons (Fsp3) is 0.278. The fourth-order valence-electron chi connectivity index (χ4n) is 2.83. The Kier molecular flexibility index (Phi) is 4.68. The van der Waals surface area contributed by atoms with E-state index in [0.29, 0.717) is 5.56 Å². The molecule has 1 aliphatic rings. The molecule has 0 radical (unpaired) electrons. The molecule has 0 aliphatic carbocycles. The number of rotatable bonds is 4. The SMILES string of the molecule is CN1CCc2cc(C(O)CNC(=O)c3cccc(Br)c3)ccc21. The molecule has 1 heterocycles. The summed E-state index contributed by atoms with van der Waals surface area (Å²) in [6, 6.07) is 13.2. The minimum absolute atomic E-state index is 0.189. The fourth-order valence-corrected chi connectivity index (χ4v) is 3.23. The number of fused-ring (bicyclic) bond motifs is 1. The van der Waals surface area contributed by atoms with Gasteiger partial charge in [-0.15, -0.1) is 0 Å². The number of carbonyl (C=O) groups is 1. The number of benzene rings is 2. The number of anilines is 1. The summed E-state index contributed by atoms with van der Waals surface area (Å²) in [5.74, 6) is -0.189. The molecule has 1 unspecified atom stereocenters. The molecule has 23 heavy (non-hydrogen) atoms. The van der Waals surface area contributed by atoms with Gasteiger partial charge in [0.2, 0.25) is 0 Å². The van der Waals surface area contributed by atoms with Crippen molar-refractivity contribution in [3.63, 3.8) is 0 Å². The Labute approximate surface area is 144 Å². The van der Waals surface area contributed by atoms with Crippen molar-refractivity contribution >= 4 is 27.5 Å². The third kappa shape index (κ3) is 3.57. The van der Waals surface area contributed by atoms with E-state index < -0.39 is 6.10 Å². The normalized spacial score (nSPS) is 14.5. The Morgan fingerprint density at radius 3 is 2.96 bits per heavy atom. The van der Waals surface area contributed by atoms with Gasteiger partial charge in [-0.2, -0.15) is 0 Å². The molecule has 3 rings (SSSR count). The molecule has 4 nitrogen and oxygen atoms in total. The van der Waals surface area contributed by atoms with Gasteiger partial charge in [-0.05, 0) is 41.8 Å². The Balaban J connectivity index is 1.63. The maximum Gasteiger partial charge on any atom is 0.251 e. The van der Waals surface area contributed by atoms with Crippen LogP contribution in [0.4, 0.5) is 5.69 Å². The Bertz CT molecular complexity index is 733. The lowest BCUT2D eigenvalue weighted by molar-refractivity contribution is 0.0916. The Hall–Kier alpha value is -1.85. The van der Waals surface area contributed by atoms with E-state index in [0.717, 1.165) is 23.0 Å². The van der Waals surface area contributed by atoms with Gasteiger partial charge < -0.3 is 15.3 Å². The van der Waals surface area contributed by atoms with Gasteiger partial charge in [-0.3, -0.25) is 4.79 Å². The Morgan fingerprint density at radius 2 is 2.17 bits per heavy atom. The van der Waals surface area contributed by atoms with E-state index >= 15 is 0 Å². The zero-order chi connectivity index (χ0) is 16.4. The molecule has 2 aromatic rings. The summed E-state index contributed by atoms with van der Waals surface area (Å²) in [4.78, 5) is 14.3. The van der Waals surface area contributed by atoms with Crippen molar-refractivity contribution < 1.29 is 9.90 Å². The van der Waals surface area contributed by atoms with Crippen molar-refractivity contribution in [3.05, 3.63) is 63.6 Å². The van der Waals surface area contributed by atoms with Crippen LogP contribution >= 0.6 is 15.9 Å². The molecule has 1 amide bonds. The number of aliphatic hydroxyl groups is 1.